The molecular formula is C14H14N2S. The third-order valence-electron chi connectivity index (χ3n) is 2.74. The van der Waals surface area contributed by atoms with E-state index in [0.717, 1.165) is 16.8 Å². The Balaban J connectivity index is 2.51. The van der Waals surface area contributed by atoms with Gasteiger partial charge in [-0.25, -0.2) is 0 Å². The minimum Gasteiger partial charge on any atom is -0.392 e. The zero-order valence-corrected chi connectivity index (χ0v) is 10.4. The molecule has 0 aliphatic carbocycles. The van der Waals surface area contributed by atoms with Gasteiger partial charge in [0.2, 0.25) is 0 Å². The molecule has 1 aromatic carbocycles. The summed E-state index contributed by atoms with van der Waals surface area (Å²) >= 11 is 5.18. The summed E-state index contributed by atoms with van der Waals surface area (Å²) in [6.45, 7) is 2.02. The molecule has 2 aromatic rings. The predicted octanol–water partition coefficient (Wildman–Crippen LogP) is 2.81. The van der Waals surface area contributed by atoms with Crippen LogP contribution in [0.25, 0.3) is 0 Å². The van der Waals surface area contributed by atoms with Gasteiger partial charge >= 0.3 is 0 Å². The van der Waals surface area contributed by atoms with Gasteiger partial charge in [0.05, 0.1) is 16.6 Å². The zero-order chi connectivity index (χ0) is 12.3. The Hall–Kier alpha value is -1.74. The van der Waals surface area contributed by atoms with Gasteiger partial charge in [-0.2, -0.15) is 0 Å². The highest BCUT2D eigenvalue weighted by molar-refractivity contribution is 7.80. The van der Waals surface area contributed by atoms with Crippen LogP contribution in [0.5, 0.6) is 0 Å². The van der Waals surface area contributed by atoms with Crippen LogP contribution in [0.1, 0.15) is 22.7 Å². The Bertz CT molecular complexity index is 523. The number of aromatic nitrogens is 1. The molecule has 0 fully saturated rings. The highest BCUT2D eigenvalue weighted by Crippen LogP contribution is 2.25. The highest BCUT2D eigenvalue weighted by atomic mass is 32.1. The van der Waals surface area contributed by atoms with E-state index in [-0.39, 0.29) is 5.92 Å². The van der Waals surface area contributed by atoms with Gasteiger partial charge in [-0.1, -0.05) is 48.6 Å². The molecule has 1 unspecified atom stereocenters. The van der Waals surface area contributed by atoms with Gasteiger partial charge in [0.1, 0.15) is 0 Å². The van der Waals surface area contributed by atoms with Crippen molar-refractivity contribution in [3.05, 3.63) is 65.5 Å². The standard InChI is InChI=1S/C14H14N2S/c1-10-6-5-9-16-13(10)12(14(15)17)11-7-3-2-4-8-11/h2-9,12H,1H3,(H2,15,17). The fourth-order valence-electron chi connectivity index (χ4n) is 1.90. The van der Waals surface area contributed by atoms with Crippen molar-refractivity contribution in [3.63, 3.8) is 0 Å². The Morgan fingerprint density at radius 3 is 2.47 bits per heavy atom. The lowest BCUT2D eigenvalue weighted by Gasteiger charge is -2.17. The van der Waals surface area contributed by atoms with Crippen molar-refractivity contribution in [1.29, 1.82) is 0 Å². The van der Waals surface area contributed by atoms with E-state index < -0.39 is 0 Å². The summed E-state index contributed by atoms with van der Waals surface area (Å²) in [6.07, 6.45) is 1.77. The van der Waals surface area contributed by atoms with E-state index in [1.165, 1.54) is 0 Å². The summed E-state index contributed by atoms with van der Waals surface area (Å²) in [6, 6.07) is 13.9. The number of nitrogens with two attached hydrogens (primary N) is 1. The first-order valence-corrected chi connectivity index (χ1v) is 5.86. The SMILES string of the molecule is Cc1cccnc1C(C(N)=S)c1ccccc1. The minimum atomic E-state index is -0.104. The van der Waals surface area contributed by atoms with Gasteiger partial charge in [0.25, 0.3) is 0 Å². The van der Waals surface area contributed by atoms with Gasteiger partial charge in [-0.15, -0.1) is 0 Å². The van der Waals surface area contributed by atoms with Crippen LogP contribution in [-0.4, -0.2) is 9.97 Å². The second-order valence-corrected chi connectivity index (χ2v) is 4.42. The maximum Gasteiger partial charge on any atom is 0.0864 e. The third kappa shape index (κ3) is 2.50. The number of benzene rings is 1. The fourth-order valence-corrected chi connectivity index (χ4v) is 2.15. The fraction of sp³-hybridized carbons (Fsp3) is 0.143. The molecule has 1 atom stereocenters. The van der Waals surface area contributed by atoms with Gasteiger partial charge in [0.15, 0.2) is 0 Å². The van der Waals surface area contributed by atoms with Crippen molar-refractivity contribution in [1.82, 2.24) is 4.98 Å². The second kappa shape index (κ2) is 5.06. The highest BCUT2D eigenvalue weighted by Gasteiger charge is 2.19. The van der Waals surface area contributed by atoms with Crippen molar-refractivity contribution >= 4 is 17.2 Å². The molecule has 17 heavy (non-hydrogen) atoms. The van der Waals surface area contributed by atoms with E-state index in [4.69, 9.17) is 18.0 Å². The molecule has 0 amide bonds. The first-order valence-electron chi connectivity index (χ1n) is 5.46. The first-order chi connectivity index (χ1) is 8.20. The quantitative estimate of drug-likeness (QED) is 0.841. The summed E-state index contributed by atoms with van der Waals surface area (Å²) in [5.41, 5.74) is 8.99. The molecule has 2 nitrogen and oxygen atoms in total. The molecule has 0 aliphatic rings. The van der Waals surface area contributed by atoms with Crippen molar-refractivity contribution in [3.8, 4) is 0 Å². The largest absolute Gasteiger partial charge is 0.392 e. The van der Waals surface area contributed by atoms with Gasteiger partial charge in [-0.05, 0) is 24.1 Å². The molecule has 3 heteroatoms. The van der Waals surface area contributed by atoms with E-state index in [1.54, 1.807) is 6.20 Å². The number of rotatable bonds is 3. The van der Waals surface area contributed by atoms with Gasteiger partial charge in [0, 0.05) is 6.20 Å². The van der Waals surface area contributed by atoms with E-state index >= 15 is 0 Å². The van der Waals surface area contributed by atoms with Crippen LogP contribution >= 0.6 is 12.2 Å². The molecule has 1 heterocycles. The lowest BCUT2D eigenvalue weighted by atomic mass is 9.93. The summed E-state index contributed by atoms with van der Waals surface area (Å²) < 4.78 is 0. The average molecular weight is 242 g/mol. The van der Waals surface area contributed by atoms with Crippen molar-refractivity contribution in [2.75, 3.05) is 0 Å². The molecule has 0 bridgehead atoms. The van der Waals surface area contributed by atoms with E-state index in [9.17, 15) is 0 Å². The smallest absolute Gasteiger partial charge is 0.0864 e. The van der Waals surface area contributed by atoms with Crippen LogP contribution in [0.3, 0.4) is 0 Å². The molecule has 1 aromatic heterocycles. The number of hydrogen-bond acceptors (Lipinski definition) is 2. The maximum atomic E-state index is 5.86. The molecular weight excluding hydrogens is 228 g/mol. The zero-order valence-electron chi connectivity index (χ0n) is 9.63. The third-order valence-corrected chi connectivity index (χ3v) is 2.98. The monoisotopic (exact) mass is 242 g/mol. The molecule has 0 saturated carbocycles. The second-order valence-electron chi connectivity index (χ2n) is 3.95. The van der Waals surface area contributed by atoms with Crippen LogP contribution in [0.2, 0.25) is 0 Å². The number of pyridine rings is 1. The number of aryl methyl sites for hydroxylation is 1. The number of nitrogens with zero attached hydrogens (tertiary/aromatic N) is 1. The molecule has 2 N–H and O–H groups in total. The topological polar surface area (TPSA) is 38.9 Å². The molecule has 0 saturated heterocycles. The lowest BCUT2D eigenvalue weighted by molar-refractivity contribution is 0.976. The summed E-state index contributed by atoms with van der Waals surface area (Å²) in [5, 5.41) is 0. The predicted molar refractivity (Wildman–Crippen MR) is 74.0 cm³/mol. The molecule has 86 valence electrons. The van der Waals surface area contributed by atoms with Gasteiger partial charge < -0.3 is 5.73 Å². The van der Waals surface area contributed by atoms with E-state index in [2.05, 4.69) is 4.98 Å². The van der Waals surface area contributed by atoms with E-state index in [1.807, 2.05) is 49.4 Å². The molecule has 0 aliphatic heterocycles. The maximum absolute atomic E-state index is 5.86. The minimum absolute atomic E-state index is 0.104. The number of hydrogen-bond donors (Lipinski definition) is 1. The Kier molecular flexibility index (Phi) is 3.49. The Morgan fingerprint density at radius 2 is 1.88 bits per heavy atom. The summed E-state index contributed by atoms with van der Waals surface area (Å²) in [4.78, 5) is 4.87. The van der Waals surface area contributed by atoms with Crippen molar-refractivity contribution in [2.45, 2.75) is 12.8 Å². The van der Waals surface area contributed by atoms with Crippen LogP contribution in [-0.2, 0) is 0 Å². The van der Waals surface area contributed by atoms with E-state index in [0.29, 0.717) is 4.99 Å². The first kappa shape index (κ1) is 11.7. The lowest BCUT2D eigenvalue weighted by Crippen LogP contribution is -2.22. The van der Waals surface area contributed by atoms with Crippen molar-refractivity contribution < 1.29 is 0 Å². The van der Waals surface area contributed by atoms with Crippen LogP contribution in [0.4, 0.5) is 0 Å². The average Bonchev–Trinajstić information content (AvgIpc) is 2.33. The van der Waals surface area contributed by atoms with Crippen molar-refractivity contribution in [2.24, 2.45) is 5.73 Å². The molecule has 0 spiro atoms. The summed E-state index contributed by atoms with van der Waals surface area (Å²) in [7, 11) is 0. The molecule has 2 rings (SSSR count). The summed E-state index contributed by atoms with van der Waals surface area (Å²) in [5.74, 6) is -0.104. The Morgan fingerprint density at radius 1 is 1.18 bits per heavy atom. The normalized spacial score (nSPS) is 12.1. The Labute approximate surface area is 107 Å². The van der Waals surface area contributed by atoms with Gasteiger partial charge in [-0.3, -0.25) is 4.98 Å². The van der Waals surface area contributed by atoms with Crippen LogP contribution < -0.4 is 5.73 Å². The number of thiocarbonyl (C=S) groups is 1. The van der Waals surface area contributed by atoms with Crippen LogP contribution in [0.15, 0.2) is 48.7 Å². The van der Waals surface area contributed by atoms with Crippen LogP contribution in [0, 0.1) is 6.92 Å². The molecule has 0 radical (unpaired) electrons.